The molecule has 2 nitrogen and oxygen atoms in total. The van der Waals surface area contributed by atoms with Crippen LogP contribution in [0.2, 0.25) is 0 Å². The van der Waals surface area contributed by atoms with Crippen molar-refractivity contribution in [2.45, 2.75) is 9.79 Å². The Hall–Kier alpha value is -2.26. The Kier molecular flexibility index (Phi) is 7.92. The maximum atomic E-state index is 13.8. The lowest BCUT2D eigenvalue weighted by Crippen LogP contribution is -2.23. The molecule has 29 heavy (non-hydrogen) atoms. The van der Waals surface area contributed by atoms with Crippen LogP contribution in [0.15, 0.2) is 99.2 Å². The van der Waals surface area contributed by atoms with Crippen molar-refractivity contribution in [2.75, 3.05) is 5.75 Å². The lowest BCUT2D eigenvalue weighted by molar-refractivity contribution is 0.102. The highest BCUT2D eigenvalue weighted by molar-refractivity contribution is 9.10. The molecule has 0 fully saturated rings. The molecule has 0 bridgehead atoms. The summed E-state index contributed by atoms with van der Waals surface area (Å²) in [6, 6.07) is 25.6. The van der Waals surface area contributed by atoms with E-state index in [2.05, 4.69) is 15.9 Å². The maximum absolute atomic E-state index is 13.8. The van der Waals surface area contributed by atoms with Crippen molar-refractivity contribution in [3.63, 3.8) is 0 Å². The predicted molar refractivity (Wildman–Crippen MR) is 111 cm³/mol. The number of hydrogen-bond donors (Lipinski definition) is 0. The van der Waals surface area contributed by atoms with Gasteiger partial charge >= 0.3 is 7.25 Å². The van der Waals surface area contributed by atoms with Crippen molar-refractivity contribution < 1.29 is 26.3 Å². The molecule has 0 saturated carbocycles. The Balaban J connectivity index is 0.000000537. The van der Waals surface area contributed by atoms with Gasteiger partial charge in [-0.15, -0.1) is 0 Å². The Bertz CT molecular complexity index is 931. The third-order valence-corrected chi connectivity index (χ3v) is 7.01. The largest absolute Gasteiger partial charge is 0.673 e. The molecule has 3 rings (SSSR count). The Labute approximate surface area is 175 Å². The zero-order valence-electron chi connectivity index (χ0n) is 15.0. The smallest absolute Gasteiger partial charge is 0.418 e. The second-order valence-corrected chi connectivity index (χ2v) is 9.37. The van der Waals surface area contributed by atoms with Crippen molar-refractivity contribution in [1.29, 1.82) is 0 Å². The third kappa shape index (κ3) is 7.25. The lowest BCUT2D eigenvalue weighted by Gasteiger charge is -2.11. The molecule has 152 valence electrons. The lowest BCUT2D eigenvalue weighted by atomic mass is 10.2. The molecule has 0 N–H and O–H groups in total. The first kappa shape index (κ1) is 23.0. The van der Waals surface area contributed by atoms with Gasteiger partial charge in [-0.2, -0.15) is 0 Å². The van der Waals surface area contributed by atoms with Gasteiger partial charge in [-0.3, -0.25) is 4.79 Å². The van der Waals surface area contributed by atoms with E-state index in [1.54, 1.807) is 12.1 Å². The fourth-order valence-electron chi connectivity index (χ4n) is 2.49. The molecule has 0 aliphatic heterocycles. The summed E-state index contributed by atoms with van der Waals surface area (Å²) in [5.41, 5.74) is 0.567. The second-order valence-electron chi connectivity index (χ2n) is 5.87. The van der Waals surface area contributed by atoms with Crippen LogP contribution in [0.1, 0.15) is 10.4 Å². The highest BCUT2D eigenvalue weighted by Gasteiger charge is 2.37. The van der Waals surface area contributed by atoms with Crippen LogP contribution >= 0.6 is 15.9 Å². The van der Waals surface area contributed by atoms with Crippen molar-refractivity contribution in [3.8, 4) is 0 Å². The molecule has 0 aromatic heterocycles. The number of halogens is 5. The van der Waals surface area contributed by atoms with E-state index >= 15 is 0 Å². The Morgan fingerprint density at radius 3 is 1.52 bits per heavy atom. The summed E-state index contributed by atoms with van der Waals surface area (Å²) in [6.07, 6.45) is 0. The molecular weight excluding hydrogens is 471 g/mol. The van der Waals surface area contributed by atoms with Crippen LogP contribution in [0.25, 0.3) is 0 Å². The van der Waals surface area contributed by atoms with Gasteiger partial charge in [-0.25, -0.2) is 0 Å². The first-order chi connectivity index (χ1) is 13.6. The van der Waals surface area contributed by atoms with Crippen molar-refractivity contribution >= 4 is 38.9 Å². The first-order valence-corrected chi connectivity index (χ1v) is 10.9. The van der Waals surface area contributed by atoms with E-state index in [0.717, 1.165) is 4.47 Å². The van der Waals surface area contributed by atoms with Crippen LogP contribution in [0.3, 0.4) is 0 Å². The number of benzene rings is 3. The summed E-state index contributed by atoms with van der Waals surface area (Å²) in [7, 11) is -8.67. The summed E-state index contributed by atoms with van der Waals surface area (Å²) >= 11 is 3.36. The standard InChI is InChI=1S/C20H16BrO2S.BF4/c21-17-13-11-16(12-14-17)20(22)15-24(23,18-7-3-1-4-8-18)19-9-5-2-6-10-19;2-1(3,4)5/h1-14H,15H2;/q+1;-1. The minimum absolute atomic E-state index is 0.0390. The Morgan fingerprint density at radius 1 is 0.759 bits per heavy atom. The van der Waals surface area contributed by atoms with Gasteiger partial charge in [0.05, 0.1) is 0 Å². The summed E-state index contributed by atoms with van der Waals surface area (Å²) in [5.74, 6) is -0.164. The number of carbonyl (C=O) groups excluding carboxylic acids is 1. The summed E-state index contributed by atoms with van der Waals surface area (Å²) in [6.45, 7) is 0. The van der Waals surface area contributed by atoms with E-state index in [-0.39, 0.29) is 11.5 Å². The zero-order chi connectivity index (χ0) is 21.5. The molecule has 0 radical (unpaired) electrons. The van der Waals surface area contributed by atoms with Crippen LogP contribution in [0.4, 0.5) is 17.3 Å². The van der Waals surface area contributed by atoms with E-state index in [0.29, 0.717) is 15.4 Å². The van der Waals surface area contributed by atoms with Crippen LogP contribution in [0.5, 0.6) is 0 Å². The topological polar surface area (TPSA) is 34.1 Å². The fraction of sp³-hybridized carbons (Fsp3) is 0.0500. The molecule has 0 aliphatic carbocycles. The van der Waals surface area contributed by atoms with E-state index in [9.17, 15) is 26.3 Å². The molecule has 3 aromatic rings. The van der Waals surface area contributed by atoms with Crippen molar-refractivity contribution in [1.82, 2.24) is 0 Å². The molecule has 0 heterocycles. The van der Waals surface area contributed by atoms with Gasteiger partial charge in [0.1, 0.15) is 0 Å². The quantitative estimate of drug-likeness (QED) is 0.177. The zero-order valence-corrected chi connectivity index (χ0v) is 17.4. The monoisotopic (exact) mass is 486 g/mol. The highest BCUT2D eigenvalue weighted by Crippen LogP contribution is 2.30. The molecule has 0 spiro atoms. The number of Topliss-reactive ketones (excluding diaryl/α,β-unsaturated/α-hetero) is 1. The second kappa shape index (κ2) is 9.98. The summed E-state index contributed by atoms with van der Waals surface area (Å²) in [5, 5.41) is 0. The number of rotatable bonds is 5. The molecule has 3 aromatic carbocycles. The van der Waals surface area contributed by atoms with Gasteiger partial charge in [0.2, 0.25) is 5.78 Å². The van der Waals surface area contributed by atoms with E-state index in [4.69, 9.17) is 0 Å². The molecule has 0 atom stereocenters. The van der Waals surface area contributed by atoms with Gasteiger partial charge in [0.25, 0.3) is 0 Å². The SMILES string of the molecule is F[B-](F)(F)F.O=C(C[S+](=O)(c1ccccc1)c1ccccc1)c1ccc(Br)cc1. The van der Waals surface area contributed by atoms with E-state index in [1.165, 1.54) is 0 Å². The van der Waals surface area contributed by atoms with Gasteiger partial charge in [-0.1, -0.05) is 68.7 Å². The Morgan fingerprint density at radius 2 is 1.14 bits per heavy atom. The predicted octanol–water partition coefficient (Wildman–Crippen LogP) is 6.55. The van der Waals surface area contributed by atoms with Crippen LogP contribution in [-0.2, 0) is 14.1 Å². The summed E-state index contributed by atoms with van der Waals surface area (Å²) in [4.78, 5) is 14.1. The molecule has 0 amide bonds. The number of carbonyl (C=O) groups is 1. The van der Waals surface area contributed by atoms with E-state index in [1.807, 2.05) is 72.8 Å². The molecule has 0 saturated heterocycles. The molecule has 0 aliphatic rings. The van der Waals surface area contributed by atoms with Gasteiger partial charge in [0.15, 0.2) is 25.5 Å². The molecular formula is C20H16BBrF4O2S. The number of ketones is 1. The van der Waals surface area contributed by atoms with E-state index < -0.39 is 17.2 Å². The van der Waals surface area contributed by atoms with Gasteiger partial charge < -0.3 is 17.3 Å². The van der Waals surface area contributed by atoms with Crippen LogP contribution < -0.4 is 0 Å². The number of hydrogen-bond acceptors (Lipinski definition) is 2. The maximum Gasteiger partial charge on any atom is 0.673 e. The molecule has 9 heteroatoms. The highest BCUT2D eigenvalue weighted by atomic mass is 79.9. The molecule has 0 unspecified atom stereocenters. The normalized spacial score (nSPS) is 11.3. The van der Waals surface area contributed by atoms with Crippen LogP contribution in [0, 0.1) is 0 Å². The average molecular weight is 487 g/mol. The third-order valence-electron chi connectivity index (χ3n) is 3.75. The van der Waals surface area contributed by atoms with Gasteiger partial charge in [0, 0.05) is 10.0 Å². The average Bonchev–Trinajstić information content (AvgIpc) is 2.68. The first-order valence-electron chi connectivity index (χ1n) is 8.38. The minimum atomic E-state index is -6.00. The van der Waals surface area contributed by atoms with Crippen molar-refractivity contribution in [3.05, 3.63) is 95.0 Å². The minimum Gasteiger partial charge on any atom is -0.418 e. The fourth-order valence-corrected chi connectivity index (χ4v) is 5.09. The van der Waals surface area contributed by atoms with Crippen LogP contribution in [-0.4, -0.2) is 18.8 Å². The van der Waals surface area contributed by atoms with Crippen molar-refractivity contribution in [2.24, 2.45) is 0 Å². The summed E-state index contributed by atoms with van der Waals surface area (Å²) < 4.78 is 53.7. The van der Waals surface area contributed by atoms with Gasteiger partial charge in [-0.05, 0) is 36.4 Å².